The van der Waals surface area contributed by atoms with E-state index in [1.165, 1.54) is 0 Å². The van der Waals surface area contributed by atoms with Gasteiger partial charge in [0.25, 0.3) is 5.91 Å². The largest absolute Gasteiger partial charge is 0.508 e. The highest BCUT2D eigenvalue weighted by molar-refractivity contribution is 5.82. The van der Waals surface area contributed by atoms with Gasteiger partial charge in [0.2, 0.25) is 0 Å². The van der Waals surface area contributed by atoms with E-state index >= 15 is 0 Å². The molecule has 0 aliphatic carbocycles. The van der Waals surface area contributed by atoms with E-state index in [9.17, 15) is 15.0 Å². The van der Waals surface area contributed by atoms with Crippen molar-refractivity contribution in [2.24, 2.45) is 0 Å². The molecule has 2 aromatic carbocycles. The van der Waals surface area contributed by atoms with Gasteiger partial charge in [0, 0.05) is 5.56 Å². The lowest BCUT2D eigenvalue weighted by molar-refractivity contribution is -0.130. The SMILES string of the molecule is CCC(NC(=O)C(O)c1ccccc1)c1ccccc1O. The Hall–Kier alpha value is -2.33. The number of aliphatic hydroxyl groups excluding tert-OH is 1. The minimum atomic E-state index is -1.22. The van der Waals surface area contributed by atoms with Crippen LogP contribution in [0.1, 0.15) is 36.6 Å². The van der Waals surface area contributed by atoms with Gasteiger partial charge >= 0.3 is 0 Å². The van der Waals surface area contributed by atoms with E-state index in [-0.39, 0.29) is 11.8 Å². The summed E-state index contributed by atoms with van der Waals surface area (Å²) in [5.41, 5.74) is 1.19. The summed E-state index contributed by atoms with van der Waals surface area (Å²) in [6, 6.07) is 15.3. The fourth-order valence-electron chi connectivity index (χ4n) is 2.22. The Kier molecular flexibility index (Phi) is 4.95. The van der Waals surface area contributed by atoms with Crippen LogP contribution < -0.4 is 5.32 Å². The number of nitrogens with one attached hydrogen (secondary N) is 1. The van der Waals surface area contributed by atoms with Gasteiger partial charge in [0.15, 0.2) is 6.10 Å². The van der Waals surface area contributed by atoms with Crippen molar-refractivity contribution in [3.63, 3.8) is 0 Å². The molecule has 0 aliphatic rings. The number of carbonyl (C=O) groups excluding carboxylic acids is 1. The number of hydrogen-bond acceptors (Lipinski definition) is 3. The van der Waals surface area contributed by atoms with Crippen LogP contribution in [0.4, 0.5) is 0 Å². The molecule has 2 unspecified atom stereocenters. The van der Waals surface area contributed by atoms with E-state index in [4.69, 9.17) is 0 Å². The Bertz CT molecular complexity index is 598. The number of para-hydroxylation sites is 1. The molecule has 0 bridgehead atoms. The summed E-state index contributed by atoms with van der Waals surface area (Å²) in [6.07, 6.45) is -0.601. The van der Waals surface area contributed by atoms with Gasteiger partial charge in [-0.3, -0.25) is 4.79 Å². The third-order valence-corrected chi connectivity index (χ3v) is 3.40. The molecule has 2 rings (SSSR count). The van der Waals surface area contributed by atoms with E-state index in [1.807, 2.05) is 13.0 Å². The fraction of sp³-hybridized carbons (Fsp3) is 0.235. The summed E-state index contributed by atoms with van der Waals surface area (Å²) < 4.78 is 0. The number of aromatic hydroxyl groups is 1. The van der Waals surface area contributed by atoms with E-state index in [2.05, 4.69) is 5.32 Å². The first kappa shape index (κ1) is 15.1. The summed E-state index contributed by atoms with van der Waals surface area (Å²) in [4.78, 5) is 12.2. The lowest BCUT2D eigenvalue weighted by Gasteiger charge is -2.20. The van der Waals surface area contributed by atoms with Crippen LogP contribution in [0.25, 0.3) is 0 Å². The maximum atomic E-state index is 12.2. The predicted molar refractivity (Wildman–Crippen MR) is 80.7 cm³/mol. The second-order valence-corrected chi connectivity index (χ2v) is 4.84. The minimum absolute atomic E-state index is 0.138. The lowest BCUT2D eigenvalue weighted by atomic mass is 10.0. The number of phenolic OH excluding ortho intramolecular Hbond substituents is 1. The van der Waals surface area contributed by atoms with Crippen LogP contribution in [0.15, 0.2) is 54.6 Å². The minimum Gasteiger partial charge on any atom is -0.508 e. The number of carbonyl (C=O) groups is 1. The maximum Gasteiger partial charge on any atom is 0.253 e. The molecule has 0 saturated heterocycles. The molecular formula is C17H19NO3. The van der Waals surface area contributed by atoms with E-state index in [0.717, 1.165) is 0 Å². The molecule has 0 saturated carbocycles. The lowest BCUT2D eigenvalue weighted by Crippen LogP contribution is -2.32. The van der Waals surface area contributed by atoms with Gasteiger partial charge in [0.1, 0.15) is 5.75 Å². The first-order valence-electron chi connectivity index (χ1n) is 6.94. The third kappa shape index (κ3) is 3.61. The van der Waals surface area contributed by atoms with Crippen molar-refractivity contribution in [1.82, 2.24) is 5.32 Å². The molecule has 110 valence electrons. The van der Waals surface area contributed by atoms with Crippen LogP contribution >= 0.6 is 0 Å². The van der Waals surface area contributed by atoms with Crippen molar-refractivity contribution in [2.45, 2.75) is 25.5 Å². The Morgan fingerprint density at radius 3 is 2.33 bits per heavy atom. The molecule has 2 atom stereocenters. The molecule has 4 heteroatoms. The highest BCUT2D eigenvalue weighted by atomic mass is 16.3. The van der Waals surface area contributed by atoms with Gasteiger partial charge in [-0.05, 0) is 18.1 Å². The molecule has 0 heterocycles. The Balaban J connectivity index is 2.12. The van der Waals surface area contributed by atoms with Gasteiger partial charge in [-0.1, -0.05) is 55.5 Å². The van der Waals surface area contributed by atoms with Crippen molar-refractivity contribution < 1.29 is 15.0 Å². The molecular weight excluding hydrogens is 266 g/mol. The van der Waals surface area contributed by atoms with Crippen LogP contribution in [-0.4, -0.2) is 16.1 Å². The second-order valence-electron chi connectivity index (χ2n) is 4.84. The quantitative estimate of drug-likeness (QED) is 0.791. The monoisotopic (exact) mass is 285 g/mol. The van der Waals surface area contributed by atoms with Crippen LogP contribution in [0.5, 0.6) is 5.75 Å². The Morgan fingerprint density at radius 2 is 1.71 bits per heavy atom. The summed E-state index contributed by atoms with van der Waals surface area (Å²) in [5.74, 6) is -0.338. The average Bonchev–Trinajstić information content (AvgIpc) is 2.53. The molecule has 4 nitrogen and oxygen atoms in total. The molecule has 2 aromatic rings. The zero-order valence-corrected chi connectivity index (χ0v) is 11.9. The first-order valence-corrected chi connectivity index (χ1v) is 6.94. The molecule has 0 aromatic heterocycles. The Morgan fingerprint density at radius 1 is 1.10 bits per heavy atom. The number of aliphatic hydroxyl groups is 1. The number of hydrogen-bond donors (Lipinski definition) is 3. The number of rotatable bonds is 5. The van der Waals surface area contributed by atoms with Crippen LogP contribution in [-0.2, 0) is 4.79 Å². The molecule has 0 spiro atoms. The summed E-state index contributed by atoms with van der Waals surface area (Å²) >= 11 is 0. The second kappa shape index (κ2) is 6.90. The molecule has 0 fully saturated rings. The highest BCUT2D eigenvalue weighted by Crippen LogP contribution is 2.26. The number of phenols is 1. The molecule has 1 amide bonds. The van der Waals surface area contributed by atoms with Crippen LogP contribution in [0.3, 0.4) is 0 Å². The van der Waals surface area contributed by atoms with Gasteiger partial charge in [-0.15, -0.1) is 0 Å². The summed E-state index contributed by atoms with van der Waals surface area (Å²) in [6.45, 7) is 1.91. The van der Waals surface area contributed by atoms with Crippen molar-refractivity contribution in [1.29, 1.82) is 0 Å². The van der Waals surface area contributed by atoms with E-state index in [0.29, 0.717) is 17.5 Å². The summed E-state index contributed by atoms with van der Waals surface area (Å²) in [7, 11) is 0. The van der Waals surface area contributed by atoms with Crippen molar-refractivity contribution in [2.75, 3.05) is 0 Å². The van der Waals surface area contributed by atoms with E-state index in [1.54, 1.807) is 48.5 Å². The predicted octanol–water partition coefficient (Wildman–Crippen LogP) is 2.69. The zero-order valence-electron chi connectivity index (χ0n) is 11.9. The van der Waals surface area contributed by atoms with Gasteiger partial charge in [0.05, 0.1) is 6.04 Å². The van der Waals surface area contributed by atoms with E-state index < -0.39 is 12.0 Å². The maximum absolute atomic E-state index is 12.2. The molecule has 0 radical (unpaired) electrons. The fourth-order valence-corrected chi connectivity index (χ4v) is 2.22. The summed E-state index contributed by atoms with van der Waals surface area (Å²) in [5, 5.41) is 22.7. The van der Waals surface area contributed by atoms with Crippen molar-refractivity contribution in [3.05, 3.63) is 65.7 Å². The third-order valence-electron chi connectivity index (χ3n) is 3.40. The van der Waals surface area contributed by atoms with Gasteiger partial charge < -0.3 is 15.5 Å². The smallest absolute Gasteiger partial charge is 0.253 e. The van der Waals surface area contributed by atoms with Crippen LogP contribution in [0, 0.1) is 0 Å². The Labute approximate surface area is 124 Å². The molecule has 0 aliphatic heterocycles. The van der Waals surface area contributed by atoms with Gasteiger partial charge in [-0.2, -0.15) is 0 Å². The molecule has 21 heavy (non-hydrogen) atoms. The highest BCUT2D eigenvalue weighted by Gasteiger charge is 2.22. The van der Waals surface area contributed by atoms with Crippen molar-refractivity contribution in [3.8, 4) is 5.75 Å². The number of benzene rings is 2. The van der Waals surface area contributed by atoms with Gasteiger partial charge in [-0.25, -0.2) is 0 Å². The van der Waals surface area contributed by atoms with Crippen LogP contribution in [0.2, 0.25) is 0 Å². The average molecular weight is 285 g/mol. The topological polar surface area (TPSA) is 69.6 Å². The zero-order chi connectivity index (χ0) is 15.2. The normalized spacial score (nSPS) is 13.4. The van der Waals surface area contributed by atoms with Crippen molar-refractivity contribution >= 4 is 5.91 Å². The first-order chi connectivity index (χ1) is 10.1. The standard InChI is InChI=1S/C17H19NO3/c1-2-14(13-10-6-7-11-15(13)19)18-17(21)16(20)12-8-4-3-5-9-12/h3-11,14,16,19-20H,2H2,1H3,(H,18,21). The number of amides is 1. The molecule has 3 N–H and O–H groups in total.